The summed E-state index contributed by atoms with van der Waals surface area (Å²) in [6.07, 6.45) is 2.37. The summed E-state index contributed by atoms with van der Waals surface area (Å²) in [4.78, 5) is 17.4. The van der Waals surface area contributed by atoms with Crippen LogP contribution in [0, 0.1) is 11.3 Å². The first-order valence-electron chi connectivity index (χ1n) is 8.76. The van der Waals surface area contributed by atoms with E-state index in [0.717, 1.165) is 22.2 Å². The minimum Gasteiger partial charge on any atom is -0.493 e. The lowest BCUT2D eigenvalue weighted by Gasteiger charge is -2.28. The maximum Gasteiger partial charge on any atom is 0.259 e. The number of ether oxygens (including phenoxy) is 1. The number of carbonyl (C=O) groups is 1. The Morgan fingerprint density at radius 1 is 1.44 bits per heavy atom. The Bertz CT molecular complexity index is 832. The summed E-state index contributed by atoms with van der Waals surface area (Å²) in [5.41, 5.74) is 0.848. The highest BCUT2D eigenvalue weighted by Gasteiger charge is 2.78. The predicted octanol–water partition coefficient (Wildman–Crippen LogP) is 3.61. The van der Waals surface area contributed by atoms with Crippen molar-refractivity contribution < 1.29 is 18.3 Å². The van der Waals surface area contributed by atoms with Gasteiger partial charge >= 0.3 is 0 Å². The van der Waals surface area contributed by atoms with Crippen molar-refractivity contribution in [2.45, 2.75) is 32.6 Å². The van der Waals surface area contributed by atoms with Crippen LogP contribution in [0.3, 0.4) is 0 Å². The van der Waals surface area contributed by atoms with Gasteiger partial charge in [0.25, 0.3) is 5.92 Å². The third-order valence-electron chi connectivity index (χ3n) is 5.93. The van der Waals surface area contributed by atoms with Crippen molar-refractivity contribution in [1.29, 1.82) is 0 Å². The van der Waals surface area contributed by atoms with E-state index in [9.17, 15) is 13.6 Å². The highest BCUT2D eigenvalue weighted by atomic mass is 19.3. The molecule has 1 aromatic heterocycles. The highest BCUT2D eigenvalue weighted by Crippen LogP contribution is 2.69. The topological polar surface area (TPSA) is 45.3 Å². The molecule has 0 bridgehead atoms. The first-order chi connectivity index (χ1) is 11.9. The number of alkyl halides is 2. The molecule has 1 amide bonds. The number of hydrogen-bond donors (Lipinski definition) is 1. The quantitative estimate of drug-likeness (QED) is 0.917. The SMILES string of the molecule is CCOc1cccc2[nH]cc(CC(=O)N3CC[C@@]4(C)[C@H](C3)C4(F)F)c12. The second-order valence-corrected chi connectivity index (χ2v) is 7.29. The number of fused-ring (bicyclic) bond motifs is 2. The molecule has 1 N–H and O–H groups in total. The van der Waals surface area contributed by atoms with Gasteiger partial charge in [0.15, 0.2) is 0 Å². The van der Waals surface area contributed by atoms with E-state index in [1.54, 1.807) is 11.8 Å². The number of amides is 1. The zero-order valence-corrected chi connectivity index (χ0v) is 14.4. The molecule has 1 aromatic carbocycles. The van der Waals surface area contributed by atoms with E-state index >= 15 is 0 Å². The molecule has 1 saturated carbocycles. The van der Waals surface area contributed by atoms with Crippen molar-refractivity contribution in [3.63, 3.8) is 0 Å². The van der Waals surface area contributed by atoms with E-state index in [0.29, 0.717) is 19.6 Å². The summed E-state index contributed by atoms with van der Waals surface area (Å²) in [5.74, 6) is -2.69. The first kappa shape index (κ1) is 16.4. The number of aromatic nitrogens is 1. The first-order valence-corrected chi connectivity index (χ1v) is 8.76. The molecule has 4 nitrogen and oxygen atoms in total. The highest BCUT2D eigenvalue weighted by molar-refractivity contribution is 5.93. The van der Waals surface area contributed by atoms with E-state index in [-0.39, 0.29) is 18.9 Å². The van der Waals surface area contributed by atoms with E-state index in [1.165, 1.54) is 0 Å². The number of hydrogen-bond acceptors (Lipinski definition) is 2. The Hall–Kier alpha value is -2.11. The van der Waals surface area contributed by atoms with Gasteiger partial charge in [0.2, 0.25) is 5.91 Å². The molecule has 2 aliphatic rings. The van der Waals surface area contributed by atoms with Gasteiger partial charge in [0.1, 0.15) is 5.75 Å². The molecule has 6 heteroatoms. The number of halogens is 2. The number of nitrogens with zero attached hydrogens (tertiary/aromatic N) is 1. The monoisotopic (exact) mass is 348 g/mol. The minimum absolute atomic E-state index is 0.100. The van der Waals surface area contributed by atoms with Gasteiger partial charge < -0.3 is 14.6 Å². The number of nitrogens with one attached hydrogen (secondary N) is 1. The zero-order chi connectivity index (χ0) is 17.8. The van der Waals surface area contributed by atoms with Gasteiger partial charge in [0.05, 0.1) is 18.9 Å². The minimum atomic E-state index is -2.63. The molecule has 2 heterocycles. The summed E-state index contributed by atoms with van der Waals surface area (Å²) in [5, 5.41) is 0.899. The van der Waals surface area contributed by atoms with Crippen molar-refractivity contribution >= 4 is 16.8 Å². The van der Waals surface area contributed by atoms with Crippen molar-refractivity contribution in [3.05, 3.63) is 30.0 Å². The number of aromatic amines is 1. The van der Waals surface area contributed by atoms with Crippen molar-refractivity contribution in [2.75, 3.05) is 19.7 Å². The summed E-state index contributed by atoms with van der Waals surface area (Å²) < 4.78 is 33.4. The summed E-state index contributed by atoms with van der Waals surface area (Å²) in [6.45, 7) is 4.65. The van der Waals surface area contributed by atoms with Gasteiger partial charge in [-0.1, -0.05) is 13.0 Å². The second-order valence-electron chi connectivity index (χ2n) is 7.29. The van der Waals surface area contributed by atoms with Crippen molar-refractivity contribution in [1.82, 2.24) is 9.88 Å². The third kappa shape index (κ3) is 2.34. The molecule has 1 saturated heterocycles. The van der Waals surface area contributed by atoms with E-state index in [2.05, 4.69) is 4.98 Å². The van der Waals surface area contributed by atoms with Crippen LogP contribution in [0.1, 0.15) is 25.8 Å². The van der Waals surface area contributed by atoms with E-state index in [4.69, 9.17) is 4.74 Å². The number of H-pyrrole nitrogens is 1. The zero-order valence-electron chi connectivity index (χ0n) is 14.4. The smallest absolute Gasteiger partial charge is 0.259 e. The van der Waals surface area contributed by atoms with Gasteiger partial charge in [-0.05, 0) is 31.0 Å². The lowest BCUT2D eigenvalue weighted by atomic mass is 9.97. The molecular formula is C19H22F2N2O2. The number of benzene rings is 1. The molecule has 0 spiro atoms. The Morgan fingerprint density at radius 2 is 2.24 bits per heavy atom. The van der Waals surface area contributed by atoms with Gasteiger partial charge in [-0.2, -0.15) is 0 Å². The average Bonchev–Trinajstić information content (AvgIpc) is 2.86. The molecule has 1 aliphatic carbocycles. The number of likely N-dealkylation sites (tertiary alicyclic amines) is 1. The fourth-order valence-electron chi connectivity index (χ4n) is 4.15. The van der Waals surface area contributed by atoms with Crippen LogP contribution in [0.5, 0.6) is 5.75 Å². The molecule has 4 rings (SSSR count). The Balaban J connectivity index is 1.53. The van der Waals surface area contributed by atoms with Crippen LogP contribution in [0.2, 0.25) is 0 Å². The van der Waals surface area contributed by atoms with Gasteiger partial charge in [-0.3, -0.25) is 4.79 Å². The van der Waals surface area contributed by atoms with Crippen molar-refractivity contribution in [3.8, 4) is 5.75 Å². The van der Waals surface area contributed by atoms with Crippen LogP contribution in [0.15, 0.2) is 24.4 Å². The largest absolute Gasteiger partial charge is 0.493 e. The van der Waals surface area contributed by atoms with Gasteiger partial charge in [0, 0.05) is 35.6 Å². The van der Waals surface area contributed by atoms with Crippen LogP contribution in [0.4, 0.5) is 8.78 Å². The average molecular weight is 348 g/mol. The number of piperidine rings is 1. The Morgan fingerprint density at radius 3 is 2.96 bits per heavy atom. The fraction of sp³-hybridized carbons (Fsp3) is 0.526. The van der Waals surface area contributed by atoms with Crippen LogP contribution in [-0.2, 0) is 11.2 Å². The maximum atomic E-state index is 13.9. The lowest BCUT2D eigenvalue weighted by Crippen LogP contribution is -2.39. The van der Waals surface area contributed by atoms with Crippen LogP contribution in [0.25, 0.3) is 10.9 Å². The van der Waals surface area contributed by atoms with E-state index in [1.807, 2.05) is 31.3 Å². The summed E-state index contributed by atoms with van der Waals surface area (Å²) in [7, 11) is 0. The molecule has 0 unspecified atom stereocenters. The molecule has 2 aromatic rings. The normalized spacial score (nSPS) is 27.2. The molecule has 2 fully saturated rings. The van der Waals surface area contributed by atoms with Crippen LogP contribution >= 0.6 is 0 Å². The Labute approximate surface area is 145 Å². The summed E-state index contributed by atoms with van der Waals surface area (Å²) >= 11 is 0. The summed E-state index contributed by atoms with van der Waals surface area (Å²) in [6, 6.07) is 5.71. The third-order valence-corrected chi connectivity index (χ3v) is 5.93. The van der Waals surface area contributed by atoms with Crippen molar-refractivity contribution in [2.24, 2.45) is 11.3 Å². The molecule has 1 aliphatic heterocycles. The van der Waals surface area contributed by atoms with Gasteiger partial charge in [-0.15, -0.1) is 0 Å². The molecular weight excluding hydrogens is 326 g/mol. The van der Waals surface area contributed by atoms with Crippen LogP contribution < -0.4 is 4.74 Å². The Kier molecular flexibility index (Phi) is 3.56. The fourth-order valence-corrected chi connectivity index (χ4v) is 4.15. The molecule has 0 radical (unpaired) electrons. The van der Waals surface area contributed by atoms with E-state index < -0.39 is 17.3 Å². The lowest BCUT2D eigenvalue weighted by molar-refractivity contribution is -0.131. The number of rotatable bonds is 4. The molecule has 2 atom stereocenters. The second kappa shape index (κ2) is 5.44. The van der Waals surface area contributed by atoms with Crippen LogP contribution in [-0.4, -0.2) is 41.4 Å². The molecule has 25 heavy (non-hydrogen) atoms. The number of carbonyl (C=O) groups excluding carboxylic acids is 1. The standard InChI is InChI=1S/C19H22F2N2O2/c1-3-25-14-6-4-5-13-17(14)12(10-22-13)9-16(24)23-8-7-18(2)15(11-23)19(18,20)21/h4-6,10,15,22H,3,7-9,11H2,1-2H3/t15-,18-/m0/s1. The molecule has 134 valence electrons. The maximum absolute atomic E-state index is 13.9. The predicted molar refractivity (Wildman–Crippen MR) is 90.9 cm³/mol. The van der Waals surface area contributed by atoms with Gasteiger partial charge in [-0.25, -0.2) is 8.78 Å².